The lowest BCUT2D eigenvalue weighted by Crippen LogP contribution is -2.03. The van der Waals surface area contributed by atoms with Crippen LogP contribution < -0.4 is 14.8 Å². The van der Waals surface area contributed by atoms with Crippen molar-refractivity contribution in [2.24, 2.45) is 0 Å². The number of benzene rings is 1. The Morgan fingerprint density at radius 1 is 1.40 bits per heavy atom. The molecule has 0 aliphatic carbocycles. The minimum atomic E-state index is -1.05. The number of anilines is 1. The number of carboxylic acids is 1. The van der Waals surface area contributed by atoms with Gasteiger partial charge < -0.3 is 19.9 Å². The molecule has 1 heterocycles. The summed E-state index contributed by atoms with van der Waals surface area (Å²) in [6.45, 7) is 0.435. The fraction of sp³-hybridized carbons (Fsp3) is 0.231. The lowest BCUT2D eigenvalue weighted by Gasteiger charge is -2.12. The number of hydrogen-bond donors (Lipinski definition) is 3. The van der Waals surface area contributed by atoms with Gasteiger partial charge in [0.25, 0.3) is 0 Å². The smallest absolute Gasteiger partial charge is 0.353 e. The van der Waals surface area contributed by atoms with Crippen molar-refractivity contribution in [3.63, 3.8) is 0 Å². The number of methoxy groups -OCH3 is 2. The third kappa shape index (κ3) is 2.82. The summed E-state index contributed by atoms with van der Waals surface area (Å²) in [4.78, 5) is 10.7. The zero-order chi connectivity index (χ0) is 14.5. The fourth-order valence-corrected chi connectivity index (χ4v) is 1.80. The Hall–Kier alpha value is -2.70. The van der Waals surface area contributed by atoms with Crippen molar-refractivity contribution in [3.8, 4) is 11.5 Å². The van der Waals surface area contributed by atoms with Gasteiger partial charge in [-0.1, -0.05) is 12.1 Å². The van der Waals surface area contributed by atoms with E-state index in [9.17, 15) is 4.79 Å². The summed E-state index contributed by atoms with van der Waals surface area (Å²) in [5.74, 6) is 0.674. The first-order chi connectivity index (χ1) is 9.65. The van der Waals surface area contributed by atoms with Crippen LogP contribution in [-0.4, -0.2) is 35.5 Å². The summed E-state index contributed by atoms with van der Waals surface area (Å²) in [7, 11) is 3.14. The highest BCUT2D eigenvalue weighted by Crippen LogP contribution is 2.30. The molecule has 0 radical (unpaired) electrons. The third-order valence-electron chi connectivity index (χ3n) is 2.75. The zero-order valence-electron chi connectivity index (χ0n) is 11.1. The zero-order valence-corrected chi connectivity index (χ0v) is 11.1. The first-order valence-corrected chi connectivity index (χ1v) is 5.88. The SMILES string of the molecule is COc1cccc(CNc2cc(C(=O)O)[nH]n2)c1OC. The molecule has 0 bridgehead atoms. The molecule has 0 aliphatic rings. The van der Waals surface area contributed by atoms with Gasteiger partial charge in [-0.15, -0.1) is 0 Å². The molecule has 0 saturated carbocycles. The van der Waals surface area contributed by atoms with Gasteiger partial charge in [0.15, 0.2) is 11.5 Å². The molecule has 2 rings (SSSR count). The Balaban J connectivity index is 2.12. The fourth-order valence-electron chi connectivity index (χ4n) is 1.80. The molecule has 0 spiro atoms. The Kier molecular flexibility index (Phi) is 4.09. The van der Waals surface area contributed by atoms with Crippen molar-refractivity contribution in [3.05, 3.63) is 35.5 Å². The molecule has 0 amide bonds. The lowest BCUT2D eigenvalue weighted by atomic mass is 10.2. The van der Waals surface area contributed by atoms with Crippen molar-refractivity contribution < 1.29 is 19.4 Å². The van der Waals surface area contributed by atoms with Gasteiger partial charge in [0.05, 0.1) is 14.2 Å². The Bertz CT molecular complexity index is 609. The van der Waals surface area contributed by atoms with Crippen LogP contribution in [0.2, 0.25) is 0 Å². The highest BCUT2D eigenvalue weighted by atomic mass is 16.5. The Labute approximate surface area is 115 Å². The molecule has 0 unspecified atom stereocenters. The van der Waals surface area contributed by atoms with Crippen LogP contribution in [0.1, 0.15) is 16.1 Å². The highest BCUT2D eigenvalue weighted by molar-refractivity contribution is 5.86. The molecule has 106 valence electrons. The Morgan fingerprint density at radius 3 is 2.80 bits per heavy atom. The summed E-state index contributed by atoms with van der Waals surface area (Å²) >= 11 is 0. The van der Waals surface area contributed by atoms with E-state index < -0.39 is 5.97 Å². The number of para-hydroxylation sites is 1. The molecular formula is C13H15N3O4. The molecule has 0 atom stereocenters. The van der Waals surface area contributed by atoms with E-state index in [1.54, 1.807) is 20.3 Å². The van der Waals surface area contributed by atoms with Crippen LogP contribution >= 0.6 is 0 Å². The van der Waals surface area contributed by atoms with Crippen LogP contribution in [0.4, 0.5) is 5.82 Å². The van der Waals surface area contributed by atoms with E-state index in [2.05, 4.69) is 15.5 Å². The number of hydrogen-bond acceptors (Lipinski definition) is 5. The topological polar surface area (TPSA) is 96.5 Å². The van der Waals surface area contributed by atoms with E-state index >= 15 is 0 Å². The quantitative estimate of drug-likeness (QED) is 0.744. The summed E-state index contributed by atoms with van der Waals surface area (Å²) in [6.07, 6.45) is 0. The van der Waals surface area contributed by atoms with Gasteiger partial charge in [0.1, 0.15) is 11.5 Å². The van der Waals surface area contributed by atoms with Gasteiger partial charge in [0.2, 0.25) is 0 Å². The molecule has 0 aliphatic heterocycles. The van der Waals surface area contributed by atoms with Crippen molar-refractivity contribution in [2.45, 2.75) is 6.54 Å². The van der Waals surface area contributed by atoms with Gasteiger partial charge in [-0.2, -0.15) is 5.10 Å². The number of carbonyl (C=O) groups is 1. The predicted molar refractivity (Wildman–Crippen MR) is 72.4 cm³/mol. The molecule has 0 saturated heterocycles. The molecule has 0 fully saturated rings. The van der Waals surface area contributed by atoms with E-state index in [1.807, 2.05) is 12.1 Å². The largest absolute Gasteiger partial charge is 0.493 e. The van der Waals surface area contributed by atoms with Crippen LogP contribution in [0, 0.1) is 0 Å². The first-order valence-electron chi connectivity index (χ1n) is 5.88. The van der Waals surface area contributed by atoms with Crippen molar-refractivity contribution in [1.82, 2.24) is 10.2 Å². The molecule has 1 aromatic heterocycles. The molecule has 7 heteroatoms. The second-order valence-corrected chi connectivity index (χ2v) is 3.98. The number of H-pyrrole nitrogens is 1. The lowest BCUT2D eigenvalue weighted by molar-refractivity contribution is 0.0690. The van der Waals surface area contributed by atoms with E-state index in [0.29, 0.717) is 23.9 Å². The standard InChI is InChI=1S/C13H15N3O4/c1-19-10-5-3-4-8(12(10)20-2)7-14-11-6-9(13(17)18)15-16-11/h3-6H,7H2,1-2H3,(H,17,18)(H2,14,15,16). The number of nitrogens with one attached hydrogen (secondary N) is 2. The minimum Gasteiger partial charge on any atom is -0.493 e. The highest BCUT2D eigenvalue weighted by Gasteiger charge is 2.11. The maximum absolute atomic E-state index is 10.7. The van der Waals surface area contributed by atoms with Crippen LogP contribution in [0.25, 0.3) is 0 Å². The van der Waals surface area contributed by atoms with E-state index in [0.717, 1.165) is 5.56 Å². The van der Waals surface area contributed by atoms with Gasteiger partial charge >= 0.3 is 5.97 Å². The number of aromatic nitrogens is 2. The maximum Gasteiger partial charge on any atom is 0.353 e. The normalized spacial score (nSPS) is 10.1. The van der Waals surface area contributed by atoms with Crippen molar-refractivity contribution in [1.29, 1.82) is 0 Å². The van der Waals surface area contributed by atoms with Gasteiger partial charge in [-0.25, -0.2) is 4.79 Å². The monoisotopic (exact) mass is 277 g/mol. The second kappa shape index (κ2) is 5.96. The van der Waals surface area contributed by atoms with Crippen LogP contribution in [0.5, 0.6) is 11.5 Å². The summed E-state index contributed by atoms with van der Waals surface area (Å²) < 4.78 is 10.5. The number of rotatable bonds is 6. The van der Waals surface area contributed by atoms with Crippen LogP contribution in [-0.2, 0) is 6.54 Å². The van der Waals surface area contributed by atoms with Crippen molar-refractivity contribution >= 4 is 11.8 Å². The average molecular weight is 277 g/mol. The number of ether oxygens (including phenoxy) is 2. The van der Waals surface area contributed by atoms with Gasteiger partial charge in [-0.3, -0.25) is 5.10 Å². The summed E-state index contributed by atoms with van der Waals surface area (Å²) in [6, 6.07) is 6.97. The molecule has 20 heavy (non-hydrogen) atoms. The first kappa shape index (κ1) is 13.7. The van der Waals surface area contributed by atoms with E-state index in [4.69, 9.17) is 14.6 Å². The minimum absolute atomic E-state index is 0.0325. The van der Waals surface area contributed by atoms with E-state index in [1.165, 1.54) is 6.07 Å². The predicted octanol–water partition coefficient (Wildman–Crippen LogP) is 1.74. The number of aromatic carboxylic acids is 1. The van der Waals surface area contributed by atoms with Crippen molar-refractivity contribution in [2.75, 3.05) is 19.5 Å². The average Bonchev–Trinajstić information content (AvgIpc) is 2.93. The van der Waals surface area contributed by atoms with Crippen LogP contribution in [0.3, 0.4) is 0 Å². The molecule has 7 nitrogen and oxygen atoms in total. The summed E-state index contributed by atoms with van der Waals surface area (Å²) in [5.41, 5.74) is 0.914. The third-order valence-corrected chi connectivity index (χ3v) is 2.75. The maximum atomic E-state index is 10.7. The van der Waals surface area contributed by atoms with Gasteiger partial charge in [0, 0.05) is 18.2 Å². The van der Waals surface area contributed by atoms with Gasteiger partial charge in [-0.05, 0) is 6.07 Å². The van der Waals surface area contributed by atoms with E-state index in [-0.39, 0.29) is 5.69 Å². The number of nitrogens with zero attached hydrogens (tertiary/aromatic N) is 1. The molecule has 1 aromatic carbocycles. The summed E-state index contributed by atoms with van der Waals surface area (Å²) in [5, 5.41) is 18.1. The molecule has 2 aromatic rings. The Morgan fingerprint density at radius 2 is 2.20 bits per heavy atom. The molecule has 3 N–H and O–H groups in total. The molecular weight excluding hydrogens is 262 g/mol. The number of carboxylic acid groups (broad SMARTS) is 1. The number of aromatic amines is 1. The second-order valence-electron chi connectivity index (χ2n) is 3.98. The van der Waals surface area contributed by atoms with Crippen LogP contribution in [0.15, 0.2) is 24.3 Å².